The number of aromatic hydroxyl groups is 1. The lowest BCUT2D eigenvalue weighted by atomic mass is 9.57. The number of hydrogen-bond acceptors (Lipinski definition) is 9. The van der Waals surface area contributed by atoms with Gasteiger partial charge in [0.25, 0.3) is 5.91 Å². The van der Waals surface area contributed by atoms with E-state index in [4.69, 9.17) is 5.73 Å². The highest BCUT2D eigenvalue weighted by molar-refractivity contribution is 6.24. The summed E-state index contributed by atoms with van der Waals surface area (Å²) in [5.41, 5.74) is 2.01. The number of amides is 3. The van der Waals surface area contributed by atoms with Crippen LogP contribution in [0.3, 0.4) is 0 Å². The van der Waals surface area contributed by atoms with E-state index >= 15 is 0 Å². The number of primary amides is 1. The van der Waals surface area contributed by atoms with Crippen LogP contribution in [-0.4, -0.2) is 92.1 Å². The number of carbonyl (C=O) groups is 4. The van der Waals surface area contributed by atoms with Gasteiger partial charge in [0.1, 0.15) is 22.8 Å². The van der Waals surface area contributed by atoms with Gasteiger partial charge in [-0.05, 0) is 64.3 Å². The van der Waals surface area contributed by atoms with Gasteiger partial charge in [0.2, 0.25) is 5.78 Å². The molecule has 0 bridgehead atoms. The van der Waals surface area contributed by atoms with Crippen LogP contribution in [0, 0.1) is 11.8 Å². The summed E-state index contributed by atoms with van der Waals surface area (Å²) >= 11 is 0. The van der Waals surface area contributed by atoms with Gasteiger partial charge < -0.3 is 36.4 Å². The third-order valence-corrected chi connectivity index (χ3v) is 8.65. The van der Waals surface area contributed by atoms with E-state index in [1.807, 2.05) is 6.92 Å². The number of carbonyl (C=O) groups excluding carboxylic acids is 4. The first-order valence-corrected chi connectivity index (χ1v) is 12.9. The van der Waals surface area contributed by atoms with Crippen LogP contribution in [0.25, 0.3) is 5.76 Å². The summed E-state index contributed by atoms with van der Waals surface area (Å²) in [5.74, 6) is -7.14. The number of nitrogens with zero attached hydrogens (tertiary/aromatic N) is 2. The van der Waals surface area contributed by atoms with Crippen LogP contribution in [0.2, 0.25) is 0 Å². The topological polar surface area (TPSA) is 194 Å². The van der Waals surface area contributed by atoms with Crippen molar-refractivity contribution in [2.45, 2.75) is 50.3 Å². The van der Waals surface area contributed by atoms with Crippen molar-refractivity contribution in [3.05, 3.63) is 40.2 Å². The summed E-state index contributed by atoms with van der Waals surface area (Å²) in [6, 6.07) is 1.65. The Morgan fingerprint density at radius 3 is 2.46 bits per heavy atom. The summed E-state index contributed by atoms with van der Waals surface area (Å²) in [6.45, 7) is 2.50. The van der Waals surface area contributed by atoms with E-state index in [0.717, 1.165) is 12.8 Å². The highest BCUT2D eigenvalue weighted by Gasteiger charge is 2.64. The van der Waals surface area contributed by atoms with Crippen LogP contribution >= 0.6 is 0 Å². The maximum absolute atomic E-state index is 13.9. The van der Waals surface area contributed by atoms with Crippen molar-refractivity contribution in [1.29, 1.82) is 0 Å². The Labute approximate surface area is 224 Å². The molecule has 1 heterocycles. The molecule has 0 radical (unpaired) electrons. The maximum atomic E-state index is 13.9. The second-order valence-corrected chi connectivity index (χ2v) is 11.1. The number of Topliss-reactive ketones (excluding diaryl/α,β-unsaturated/α-hetero) is 2. The number of benzene rings is 1. The standard InChI is InChI=1S/C27H32N4O8/c1-11-5-4-8-31(11)26(38)29-15-7-6-12-9-13-10-14-19(30(2)3)22(34)18(25(28)37)24(36)27(14,39)23(35)17(13)21(33)16(12)20(15)32/h6-7,11,13-14,19,32-33,36,39H,4-5,8-10H2,1-3H3,(H2,28,37)(H,29,38)/t11?,13?,14?,19-,27?/m0/s1. The SMILES string of the molecule is CC1CCCN1C(=O)Nc1ccc2c(c1O)C(O)=C1C(=O)C3(O)C(O)=C(C(N)=O)C(=O)[C@@H](N(C)C)C3CC1C2. The molecule has 12 nitrogen and oxygen atoms in total. The van der Waals surface area contributed by atoms with E-state index in [0.29, 0.717) is 12.1 Å². The van der Waals surface area contributed by atoms with Crippen molar-refractivity contribution in [3.8, 4) is 5.75 Å². The molecule has 208 valence electrons. The van der Waals surface area contributed by atoms with Gasteiger partial charge in [-0.15, -0.1) is 0 Å². The minimum Gasteiger partial charge on any atom is -0.508 e. The van der Waals surface area contributed by atoms with Crippen LogP contribution in [0.1, 0.15) is 37.3 Å². The molecule has 1 aromatic carbocycles. The number of aliphatic hydroxyl groups excluding tert-OH is 2. The predicted octanol–water partition coefficient (Wildman–Crippen LogP) is 0.980. The molecule has 0 aromatic heterocycles. The number of ketones is 2. The first-order chi connectivity index (χ1) is 18.3. The van der Waals surface area contributed by atoms with Crippen LogP contribution in [0.4, 0.5) is 10.5 Å². The number of nitrogens with one attached hydrogen (secondary N) is 1. The molecular formula is C27H32N4O8. The third kappa shape index (κ3) is 3.73. The number of likely N-dealkylation sites (N-methyl/N-ethyl adjacent to an activating group) is 1. The third-order valence-electron chi connectivity index (χ3n) is 8.65. The zero-order valence-corrected chi connectivity index (χ0v) is 21.9. The highest BCUT2D eigenvalue weighted by atomic mass is 16.3. The van der Waals surface area contributed by atoms with Crippen LogP contribution in [-0.2, 0) is 20.8 Å². The first kappa shape index (κ1) is 26.7. The smallest absolute Gasteiger partial charge is 0.322 e. The Bertz CT molecular complexity index is 1380. The molecule has 12 heteroatoms. The summed E-state index contributed by atoms with van der Waals surface area (Å²) < 4.78 is 0. The molecule has 1 saturated carbocycles. The molecule has 7 N–H and O–H groups in total. The molecule has 1 saturated heterocycles. The van der Waals surface area contributed by atoms with Gasteiger partial charge in [0.15, 0.2) is 11.4 Å². The second-order valence-electron chi connectivity index (χ2n) is 11.1. The van der Waals surface area contributed by atoms with Crippen molar-refractivity contribution in [2.75, 3.05) is 26.0 Å². The number of hydrogen-bond donors (Lipinski definition) is 6. The number of nitrogens with two attached hydrogens (primary N) is 1. The number of rotatable bonds is 3. The molecule has 3 aliphatic carbocycles. The van der Waals surface area contributed by atoms with Crippen LogP contribution in [0.15, 0.2) is 29.0 Å². The quantitative estimate of drug-likeness (QED) is 0.239. The number of phenolic OH excluding ortho intramolecular Hbond substituents is 1. The van der Waals surface area contributed by atoms with Gasteiger partial charge in [-0.2, -0.15) is 0 Å². The van der Waals surface area contributed by atoms with E-state index in [2.05, 4.69) is 5.32 Å². The Balaban J connectivity index is 1.60. The van der Waals surface area contributed by atoms with Crippen molar-refractivity contribution in [3.63, 3.8) is 0 Å². The Morgan fingerprint density at radius 2 is 1.87 bits per heavy atom. The molecular weight excluding hydrogens is 508 g/mol. The van der Waals surface area contributed by atoms with Crippen molar-refractivity contribution >= 4 is 35.0 Å². The zero-order valence-electron chi connectivity index (χ0n) is 21.9. The van der Waals surface area contributed by atoms with Crippen molar-refractivity contribution < 1.29 is 39.6 Å². The average Bonchev–Trinajstić information content (AvgIpc) is 3.28. The largest absolute Gasteiger partial charge is 0.508 e. The van der Waals surface area contributed by atoms with E-state index in [1.54, 1.807) is 25.1 Å². The van der Waals surface area contributed by atoms with Gasteiger partial charge in [0, 0.05) is 24.1 Å². The molecule has 0 spiro atoms. The molecule has 1 aromatic rings. The number of phenols is 1. The summed E-state index contributed by atoms with van der Waals surface area (Å²) in [7, 11) is 3.09. The second kappa shape index (κ2) is 9.09. The summed E-state index contributed by atoms with van der Waals surface area (Å²) in [6.07, 6.45) is 1.92. The number of aliphatic hydroxyl groups is 3. The lowest BCUT2D eigenvalue weighted by molar-refractivity contribution is -0.153. The number of fused-ring (bicyclic) bond motifs is 3. The fraction of sp³-hybridized carbons (Fsp3) is 0.481. The lowest BCUT2D eigenvalue weighted by Gasteiger charge is -2.50. The molecule has 1 aliphatic heterocycles. The molecule has 4 unspecified atom stereocenters. The van der Waals surface area contributed by atoms with Crippen LogP contribution in [0.5, 0.6) is 5.75 Å². The molecule has 5 atom stereocenters. The Morgan fingerprint density at radius 1 is 1.18 bits per heavy atom. The molecule has 3 amide bonds. The highest BCUT2D eigenvalue weighted by Crippen LogP contribution is 2.53. The van der Waals surface area contributed by atoms with Crippen molar-refractivity contribution in [1.82, 2.24) is 9.80 Å². The van der Waals surface area contributed by atoms with Crippen LogP contribution < -0.4 is 11.1 Å². The molecule has 5 rings (SSSR count). The molecule has 39 heavy (non-hydrogen) atoms. The minimum absolute atomic E-state index is 0.0118. The van der Waals surface area contributed by atoms with Gasteiger partial charge in [-0.25, -0.2) is 4.79 Å². The summed E-state index contributed by atoms with van der Waals surface area (Å²) in [5, 5.41) is 47.6. The number of likely N-dealkylation sites (tertiary alicyclic amines) is 1. The Hall–Kier alpha value is -3.90. The Kier molecular flexibility index (Phi) is 6.22. The predicted molar refractivity (Wildman–Crippen MR) is 139 cm³/mol. The van der Waals surface area contributed by atoms with E-state index in [1.165, 1.54) is 11.0 Å². The number of anilines is 1. The summed E-state index contributed by atoms with van der Waals surface area (Å²) in [4.78, 5) is 54.9. The van der Waals surface area contributed by atoms with E-state index < -0.39 is 69.8 Å². The fourth-order valence-electron chi connectivity index (χ4n) is 6.74. The zero-order chi connectivity index (χ0) is 28.5. The average molecular weight is 541 g/mol. The number of urea groups is 1. The van der Waals surface area contributed by atoms with Crippen molar-refractivity contribution in [2.24, 2.45) is 17.6 Å². The monoisotopic (exact) mass is 540 g/mol. The normalized spacial score (nSPS) is 30.3. The molecule has 4 aliphatic rings. The van der Waals surface area contributed by atoms with Gasteiger partial charge in [-0.3, -0.25) is 19.3 Å². The van der Waals surface area contributed by atoms with Gasteiger partial charge in [-0.1, -0.05) is 6.07 Å². The maximum Gasteiger partial charge on any atom is 0.322 e. The van der Waals surface area contributed by atoms with Gasteiger partial charge in [0.05, 0.1) is 17.3 Å². The van der Waals surface area contributed by atoms with E-state index in [9.17, 15) is 39.6 Å². The van der Waals surface area contributed by atoms with Gasteiger partial charge >= 0.3 is 6.03 Å². The molecule has 2 fully saturated rings. The fourth-order valence-corrected chi connectivity index (χ4v) is 6.74. The minimum atomic E-state index is -2.70. The van der Waals surface area contributed by atoms with E-state index in [-0.39, 0.29) is 35.7 Å². The lowest BCUT2D eigenvalue weighted by Crippen LogP contribution is -2.65. The first-order valence-electron chi connectivity index (χ1n) is 12.9.